The second-order valence-corrected chi connectivity index (χ2v) is 8.41. The van der Waals surface area contributed by atoms with E-state index in [1.54, 1.807) is 0 Å². The van der Waals surface area contributed by atoms with Crippen molar-refractivity contribution in [3.8, 4) is 5.75 Å². The fraction of sp³-hybridized carbons (Fsp3) is 0.440. The summed E-state index contributed by atoms with van der Waals surface area (Å²) in [4.78, 5) is 16.6. The number of carbonyl (C=O) groups excluding carboxylic acids is 1. The molecular weight excluding hydrogens is 374 g/mol. The average molecular weight is 406 g/mol. The molecular formula is C25H31N3O2. The number of aryl methyl sites for hydroxylation is 1. The van der Waals surface area contributed by atoms with E-state index >= 15 is 0 Å². The maximum Gasteiger partial charge on any atom is 0.223 e. The third-order valence-electron chi connectivity index (χ3n) is 5.69. The van der Waals surface area contributed by atoms with E-state index in [4.69, 9.17) is 9.72 Å². The Balaban J connectivity index is 1.36. The SMILES string of the molecule is CC(C)c1ccc(OCCn2c(CCCNC(=O)C3CC3)nc3ccccc32)cc1. The number of rotatable bonds is 10. The van der Waals surface area contributed by atoms with Gasteiger partial charge in [0, 0.05) is 18.9 Å². The van der Waals surface area contributed by atoms with Crippen LogP contribution in [-0.4, -0.2) is 28.6 Å². The Labute approximate surface area is 178 Å². The molecule has 4 rings (SSSR count). The number of fused-ring (bicyclic) bond motifs is 1. The van der Waals surface area contributed by atoms with Gasteiger partial charge in [-0.05, 0) is 55.0 Å². The number of amides is 1. The van der Waals surface area contributed by atoms with Gasteiger partial charge in [0.1, 0.15) is 18.2 Å². The van der Waals surface area contributed by atoms with Crippen molar-refractivity contribution >= 4 is 16.9 Å². The molecule has 0 atom stereocenters. The zero-order chi connectivity index (χ0) is 20.9. The Morgan fingerprint density at radius 3 is 2.67 bits per heavy atom. The molecule has 0 aliphatic heterocycles. The fourth-order valence-electron chi connectivity index (χ4n) is 3.72. The van der Waals surface area contributed by atoms with Crippen molar-refractivity contribution in [2.45, 2.75) is 52.0 Å². The number of nitrogens with zero attached hydrogens (tertiary/aromatic N) is 2. The van der Waals surface area contributed by atoms with Crippen LogP contribution in [0.5, 0.6) is 5.75 Å². The Bertz CT molecular complexity index is 987. The summed E-state index contributed by atoms with van der Waals surface area (Å²) in [7, 11) is 0. The first-order chi connectivity index (χ1) is 14.6. The topological polar surface area (TPSA) is 56.1 Å². The van der Waals surface area contributed by atoms with E-state index in [9.17, 15) is 4.79 Å². The number of para-hydroxylation sites is 2. The van der Waals surface area contributed by atoms with Gasteiger partial charge in [-0.25, -0.2) is 4.98 Å². The molecule has 0 saturated heterocycles. The van der Waals surface area contributed by atoms with E-state index in [0.29, 0.717) is 19.1 Å². The number of ether oxygens (including phenoxy) is 1. The van der Waals surface area contributed by atoms with Crippen molar-refractivity contribution in [3.63, 3.8) is 0 Å². The molecule has 1 aromatic heterocycles. The summed E-state index contributed by atoms with van der Waals surface area (Å²) in [5.41, 5.74) is 3.46. The monoisotopic (exact) mass is 405 g/mol. The van der Waals surface area contributed by atoms with E-state index in [0.717, 1.165) is 54.8 Å². The largest absolute Gasteiger partial charge is 0.492 e. The van der Waals surface area contributed by atoms with Crippen molar-refractivity contribution in [1.82, 2.24) is 14.9 Å². The average Bonchev–Trinajstić information content (AvgIpc) is 3.55. The molecule has 158 valence electrons. The van der Waals surface area contributed by atoms with E-state index in [2.05, 4.69) is 48.0 Å². The minimum Gasteiger partial charge on any atom is -0.492 e. The van der Waals surface area contributed by atoms with Crippen molar-refractivity contribution < 1.29 is 9.53 Å². The highest BCUT2D eigenvalue weighted by Gasteiger charge is 2.29. The molecule has 2 aromatic carbocycles. The lowest BCUT2D eigenvalue weighted by atomic mass is 10.0. The first-order valence-corrected chi connectivity index (χ1v) is 11.1. The van der Waals surface area contributed by atoms with Crippen molar-refractivity contribution in [2.24, 2.45) is 5.92 Å². The molecule has 30 heavy (non-hydrogen) atoms. The van der Waals surface area contributed by atoms with Gasteiger partial charge in [-0.1, -0.05) is 38.1 Å². The van der Waals surface area contributed by atoms with Gasteiger partial charge in [0.05, 0.1) is 17.6 Å². The Kier molecular flexibility index (Phi) is 6.36. The molecule has 1 aliphatic rings. The van der Waals surface area contributed by atoms with Crippen LogP contribution in [0, 0.1) is 5.92 Å². The maximum absolute atomic E-state index is 11.8. The molecule has 1 saturated carbocycles. The lowest BCUT2D eigenvalue weighted by Crippen LogP contribution is -2.26. The Morgan fingerprint density at radius 2 is 1.93 bits per heavy atom. The molecule has 0 bridgehead atoms. The molecule has 1 N–H and O–H groups in total. The number of hydrogen-bond acceptors (Lipinski definition) is 3. The number of imidazole rings is 1. The third kappa shape index (κ3) is 5.02. The summed E-state index contributed by atoms with van der Waals surface area (Å²) in [6.45, 7) is 6.43. The smallest absolute Gasteiger partial charge is 0.223 e. The summed E-state index contributed by atoms with van der Waals surface area (Å²) in [5.74, 6) is 2.94. The molecule has 0 radical (unpaired) electrons. The van der Waals surface area contributed by atoms with Gasteiger partial charge >= 0.3 is 0 Å². The summed E-state index contributed by atoms with van der Waals surface area (Å²) >= 11 is 0. The molecule has 5 heteroatoms. The number of aromatic nitrogens is 2. The molecule has 5 nitrogen and oxygen atoms in total. The van der Waals surface area contributed by atoms with E-state index in [1.807, 2.05) is 24.3 Å². The highest BCUT2D eigenvalue weighted by molar-refractivity contribution is 5.80. The second-order valence-electron chi connectivity index (χ2n) is 8.41. The lowest BCUT2D eigenvalue weighted by molar-refractivity contribution is -0.122. The predicted octanol–water partition coefficient (Wildman–Crippen LogP) is 4.70. The van der Waals surface area contributed by atoms with Crippen LogP contribution in [0.15, 0.2) is 48.5 Å². The molecule has 0 spiro atoms. The Hall–Kier alpha value is -2.82. The van der Waals surface area contributed by atoms with Crippen molar-refractivity contribution in [2.75, 3.05) is 13.2 Å². The molecule has 1 amide bonds. The van der Waals surface area contributed by atoms with Crippen LogP contribution < -0.4 is 10.1 Å². The number of benzene rings is 2. The highest BCUT2D eigenvalue weighted by atomic mass is 16.5. The van der Waals surface area contributed by atoms with Crippen LogP contribution in [-0.2, 0) is 17.8 Å². The van der Waals surface area contributed by atoms with Gasteiger partial charge in [0.15, 0.2) is 0 Å². The van der Waals surface area contributed by atoms with Crippen LogP contribution >= 0.6 is 0 Å². The quantitative estimate of drug-likeness (QED) is 0.498. The van der Waals surface area contributed by atoms with Gasteiger partial charge in [-0.15, -0.1) is 0 Å². The first kappa shape index (κ1) is 20.5. The van der Waals surface area contributed by atoms with E-state index in [1.165, 1.54) is 5.56 Å². The second kappa shape index (κ2) is 9.33. The van der Waals surface area contributed by atoms with Crippen LogP contribution in [0.25, 0.3) is 11.0 Å². The minimum absolute atomic E-state index is 0.209. The number of carbonyl (C=O) groups is 1. The van der Waals surface area contributed by atoms with Crippen LogP contribution in [0.3, 0.4) is 0 Å². The first-order valence-electron chi connectivity index (χ1n) is 11.1. The van der Waals surface area contributed by atoms with Gasteiger partial charge < -0.3 is 14.6 Å². The standard InChI is InChI=1S/C25H31N3O2/c1-18(2)19-11-13-21(14-12-19)30-17-16-28-23-7-4-3-6-22(23)27-24(28)8-5-15-26-25(29)20-9-10-20/h3-4,6-7,11-14,18,20H,5,8-10,15-17H2,1-2H3,(H,26,29). The predicted molar refractivity (Wildman–Crippen MR) is 120 cm³/mol. The molecule has 1 heterocycles. The van der Waals surface area contributed by atoms with Crippen molar-refractivity contribution in [3.05, 3.63) is 59.9 Å². The van der Waals surface area contributed by atoms with E-state index in [-0.39, 0.29) is 11.8 Å². The highest BCUT2D eigenvalue weighted by Crippen LogP contribution is 2.28. The zero-order valence-corrected chi connectivity index (χ0v) is 17.9. The molecule has 0 unspecified atom stereocenters. The summed E-state index contributed by atoms with van der Waals surface area (Å²) in [6, 6.07) is 16.6. The molecule has 1 aliphatic carbocycles. The number of hydrogen-bond donors (Lipinski definition) is 1. The van der Waals surface area contributed by atoms with Gasteiger partial charge in [0.2, 0.25) is 5.91 Å². The minimum atomic E-state index is 0.209. The van der Waals surface area contributed by atoms with Crippen LogP contribution in [0.2, 0.25) is 0 Å². The Morgan fingerprint density at radius 1 is 1.17 bits per heavy atom. The van der Waals surface area contributed by atoms with Gasteiger partial charge in [-0.3, -0.25) is 4.79 Å². The van der Waals surface area contributed by atoms with Gasteiger partial charge in [-0.2, -0.15) is 0 Å². The zero-order valence-electron chi connectivity index (χ0n) is 17.9. The molecule has 1 fully saturated rings. The molecule has 3 aromatic rings. The van der Waals surface area contributed by atoms with Crippen LogP contribution in [0.1, 0.15) is 50.4 Å². The third-order valence-corrected chi connectivity index (χ3v) is 5.69. The summed E-state index contributed by atoms with van der Waals surface area (Å²) in [5, 5.41) is 3.04. The van der Waals surface area contributed by atoms with Crippen molar-refractivity contribution in [1.29, 1.82) is 0 Å². The maximum atomic E-state index is 11.8. The number of nitrogens with one attached hydrogen (secondary N) is 1. The van der Waals surface area contributed by atoms with E-state index < -0.39 is 0 Å². The fourth-order valence-corrected chi connectivity index (χ4v) is 3.72. The summed E-state index contributed by atoms with van der Waals surface area (Å²) in [6.07, 6.45) is 3.81. The normalized spacial score (nSPS) is 13.7. The summed E-state index contributed by atoms with van der Waals surface area (Å²) < 4.78 is 8.25. The van der Waals surface area contributed by atoms with Crippen LogP contribution in [0.4, 0.5) is 0 Å². The van der Waals surface area contributed by atoms with Gasteiger partial charge in [0.25, 0.3) is 0 Å². The lowest BCUT2D eigenvalue weighted by Gasteiger charge is -2.12.